The van der Waals surface area contributed by atoms with Gasteiger partial charge in [0.25, 0.3) is 11.8 Å². The van der Waals surface area contributed by atoms with Gasteiger partial charge in [0.05, 0.1) is 23.8 Å². The smallest absolute Gasteiger partial charge is 0.262 e. The highest BCUT2D eigenvalue weighted by molar-refractivity contribution is 6.22. The number of hydrogen-bond acceptors (Lipinski definition) is 4. The quantitative estimate of drug-likeness (QED) is 0.817. The van der Waals surface area contributed by atoms with E-state index >= 15 is 0 Å². The average Bonchev–Trinajstić information content (AvgIpc) is 2.65. The van der Waals surface area contributed by atoms with Crippen LogP contribution in [0.5, 0.6) is 0 Å². The minimum absolute atomic E-state index is 0.192. The van der Waals surface area contributed by atoms with Crippen LogP contribution in [0, 0.1) is 13.8 Å². The number of carbonyl (C=O) groups is 2. The van der Waals surface area contributed by atoms with Crippen LogP contribution in [-0.4, -0.2) is 43.0 Å². The first-order valence-corrected chi connectivity index (χ1v) is 6.20. The van der Waals surface area contributed by atoms with Crippen molar-refractivity contribution in [3.63, 3.8) is 0 Å². The summed E-state index contributed by atoms with van der Waals surface area (Å²) in [6.07, 6.45) is 0. The van der Waals surface area contributed by atoms with Gasteiger partial charge in [0.2, 0.25) is 0 Å². The number of aryl methyl sites for hydroxylation is 2. The topological polar surface area (TPSA) is 72.6 Å². The van der Waals surface area contributed by atoms with Gasteiger partial charge in [0.15, 0.2) is 0 Å². The molecule has 0 fully saturated rings. The van der Waals surface area contributed by atoms with Crippen molar-refractivity contribution >= 4 is 11.8 Å². The SMILES string of the molecule is COCC(CN)N1C(=O)c2c(C)ccc(C)c2C1=O. The highest BCUT2D eigenvalue weighted by Crippen LogP contribution is 2.29. The molecule has 0 spiro atoms. The zero-order chi connectivity index (χ0) is 14.2. The van der Waals surface area contributed by atoms with E-state index in [2.05, 4.69) is 0 Å². The molecular weight excluding hydrogens is 244 g/mol. The van der Waals surface area contributed by atoms with Gasteiger partial charge in [-0.1, -0.05) is 12.1 Å². The van der Waals surface area contributed by atoms with E-state index in [9.17, 15) is 9.59 Å². The van der Waals surface area contributed by atoms with Crippen molar-refractivity contribution in [2.45, 2.75) is 19.9 Å². The molecule has 2 rings (SSSR count). The van der Waals surface area contributed by atoms with Crippen molar-refractivity contribution in [2.75, 3.05) is 20.3 Å². The summed E-state index contributed by atoms with van der Waals surface area (Å²) in [6.45, 7) is 4.11. The summed E-state index contributed by atoms with van der Waals surface area (Å²) >= 11 is 0. The van der Waals surface area contributed by atoms with E-state index in [-0.39, 0.29) is 25.0 Å². The molecule has 5 heteroatoms. The molecule has 0 saturated heterocycles. The van der Waals surface area contributed by atoms with Crippen molar-refractivity contribution in [3.05, 3.63) is 34.4 Å². The molecule has 2 N–H and O–H groups in total. The van der Waals surface area contributed by atoms with Gasteiger partial charge in [-0.15, -0.1) is 0 Å². The molecule has 1 unspecified atom stereocenters. The van der Waals surface area contributed by atoms with Crippen LogP contribution in [0.15, 0.2) is 12.1 Å². The number of amides is 2. The van der Waals surface area contributed by atoms with Gasteiger partial charge in [0, 0.05) is 13.7 Å². The van der Waals surface area contributed by atoms with E-state index in [1.54, 1.807) is 0 Å². The Bertz CT molecular complexity index is 499. The molecule has 0 bridgehead atoms. The Morgan fingerprint density at radius 3 is 2.00 bits per heavy atom. The molecule has 0 aromatic heterocycles. The average molecular weight is 262 g/mol. The van der Waals surface area contributed by atoms with Crippen LogP contribution in [-0.2, 0) is 4.74 Å². The third-order valence-electron chi connectivity index (χ3n) is 3.48. The molecule has 1 aromatic rings. The van der Waals surface area contributed by atoms with Crippen LogP contribution >= 0.6 is 0 Å². The minimum atomic E-state index is -0.420. The lowest BCUT2D eigenvalue weighted by molar-refractivity contribution is 0.0483. The third kappa shape index (κ3) is 2.05. The number of carbonyl (C=O) groups excluding carboxylic acids is 2. The number of ether oxygens (including phenoxy) is 1. The van der Waals surface area contributed by atoms with Crippen LogP contribution in [0.1, 0.15) is 31.8 Å². The van der Waals surface area contributed by atoms with Gasteiger partial charge in [0.1, 0.15) is 0 Å². The Kier molecular flexibility index (Phi) is 3.68. The second-order valence-corrected chi connectivity index (χ2v) is 4.77. The Morgan fingerprint density at radius 2 is 1.63 bits per heavy atom. The highest BCUT2D eigenvalue weighted by Gasteiger charge is 2.41. The van der Waals surface area contributed by atoms with Crippen LogP contribution in [0.3, 0.4) is 0 Å². The summed E-state index contributed by atoms with van der Waals surface area (Å²) in [5.74, 6) is -0.539. The second kappa shape index (κ2) is 5.11. The van der Waals surface area contributed by atoms with Gasteiger partial charge < -0.3 is 10.5 Å². The minimum Gasteiger partial charge on any atom is -0.382 e. The number of hydrogen-bond donors (Lipinski definition) is 1. The van der Waals surface area contributed by atoms with Gasteiger partial charge >= 0.3 is 0 Å². The molecule has 0 saturated carbocycles. The zero-order valence-electron chi connectivity index (χ0n) is 11.4. The maximum atomic E-state index is 12.4. The first-order chi connectivity index (χ1) is 9.02. The van der Waals surface area contributed by atoms with Gasteiger partial charge in [-0.2, -0.15) is 0 Å². The van der Waals surface area contributed by atoms with Crippen molar-refractivity contribution in [1.82, 2.24) is 4.90 Å². The zero-order valence-corrected chi connectivity index (χ0v) is 11.4. The number of benzene rings is 1. The lowest BCUT2D eigenvalue weighted by Gasteiger charge is -2.24. The van der Waals surface area contributed by atoms with Crippen molar-refractivity contribution in [1.29, 1.82) is 0 Å². The molecule has 1 atom stereocenters. The van der Waals surface area contributed by atoms with Crippen molar-refractivity contribution < 1.29 is 14.3 Å². The third-order valence-corrected chi connectivity index (χ3v) is 3.48. The molecule has 5 nitrogen and oxygen atoms in total. The van der Waals surface area contributed by atoms with E-state index in [4.69, 9.17) is 10.5 Å². The summed E-state index contributed by atoms with van der Waals surface area (Å²) in [5.41, 5.74) is 8.28. The van der Waals surface area contributed by atoms with Crippen molar-refractivity contribution in [2.24, 2.45) is 5.73 Å². The summed E-state index contributed by atoms with van der Waals surface area (Å²) < 4.78 is 5.04. The highest BCUT2D eigenvalue weighted by atomic mass is 16.5. The Labute approximate surface area is 112 Å². The number of nitrogens with two attached hydrogens (primary N) is 1. The number of rotatable bonds is 4. The number of nitrogens with zero attached hydrogens (tertiary/aromatic N) is 1. The van der Waals surface area contributed by atoms with Crippen LogP contribution in [0.25, 0.3) is 0 Å². The summed E-state index contributed by atoms with van der Waals surface area (Å²) in [5, 5.41) is 0. The largest absolute Gasteiger partial charge is 0.382 e. The van der Waals surface area contributed by atoms with Gasteiger partial charge in [-0.3, -0.25) is 14.5 Å². The summed E-state index contributed by atoms with van der Waals surface area (Å²) in [6, 6.07) is 3.30. The molecular formula is C14H18N2O3. The molecule has 2 amide bonds. The lowest BCUT2D eigenvalue weighted by Crippen LogP contribution is -2.46. The normalized spacial score (nSPS) is 15.9. The molecule has 19 heavy (non-hydrogen) atoms. The van der Waals surface area contributed by atoms with Gasteiger partial charge in [-0.25, -0.2) is 0 Å². The first kappa shape index (κ1) is 13.7. The fourth-order valence-electron chi connectivity index (χ4n) is 2.47. The molecule has 0 aliphatic carbocycles. The number of fused-ring (bicyclic) bond motifs is 1. The van der Waals surface area contributed by atoms with Crippen LogP contribution < -0.4 is 5.73 Å². The predicted molar refractivity (Wildman–Crippen MR) is 71.1 cm³/mol. The fourth-order valence-corrected chi connectivity index (χ4v) is 2.47. The number of methoxy groups -OCH3 is 1. The molecule has 102 valence electrons. The van der Waals surface area contributed by atoms with E-state index in [0.717, 1.165) is 11.1 Å². The number of imide groups is 1. The molecule has 0 radical (unpaired) electrons. The van der Waals surface area contributed by atoms with Crippen LogP contribution in [0.4, 0.5) is 0 Å². The fraction of sp³-hybridized carbons (Fsp3) is 0.429. The van der Waals surface area contributed by atoms with E-state index < -0.39 is 6.04 Å². The van der Waals surface area contributed by atoms with Gasteiger partial charge in [-0.05, 0) is 25.0 Å². The second-order valence-electron chi connectivity index (χ2n) is 4.77. The van der Waals surface area contributed by atoms with E-state index in [1.807, 2.05) is 26.0 Å². The molecule has 1 aromatic carbocycles. The van der Waals surface area contributed by atoms with E-state index in [0.29, 0.717) is 11.1 Å². The monoisotopic (exact) mass is 262 g/mol. The maximum absolute atomic E-state index is 12.4. The standard InChI is InChI=1S/C14H18N2O3/c1-8-4-5-9(2)12-11(8)13(17)16(14(12)18)10(6-15)7-19-3/h4-5,10H,6-7,15H2,1-3H3. The molecule has 1 heterocycles. The molecule has 1 aliphatic heterocycles. The lowest BCUT2D eigenvalue weighted by atomic mass is 9.99. The summed E-state index contributed by atoms with van der Waals surface area (Å²) in [4.78, 5) is 26.1. The predicted octanol–water partition coefficient (Wildman–Crippen LogP) is 0.873. The Balaban J connectivity index is 2.50. The Morgan fingerprint density at radius 1 is 1.16 bits per heavy atom. The Hall–Kier alpha value is -1.72. The van der Waals surface area contributed by atoms with Crippen molar-refractivity contribution in [3.8, 4) is 0 Å². The maximum Gasteiger partial charge on any atom is 0.262 e. The summed E-state index contributed by atoms with van der Waals surface area (Å²) in [7, 11) is 1.53. The molecule has 1 aliphatic rings. The van der Waals surface area contributed by atoms with E-state index in [1.165, 1.54) is 12.0 Å². The van der Waals surface area contributed by atoms with Crippen LogP contribution in [0.2, 0.25) is 0 Å². The first-order valence-electron chi connectivity index (χ1n) is 6.20.